The van der Waals surface area contributed by atoms with E-state index in [4.69, 9.17) is 0 Å². The van der Waals surface area contributed by atoms with Gasteiger partial charge in [-0.25, -0.2) is 4.98 Å². The molecule has 3 heteroatoms. The van der Waals surface area contributed by atoms with Gasteiger partial charge in [-0.3, -0.25) is 0 Å². The maximum atomic E-state index is 4.02. The highest BCUT2D eigenvalue weighted by Gasteiger charge is 2.25. The number of rotatable bonds is 1. The lowest BCUT2D eigenvalue weighted by Crippen LogP contribution is -2.08. The molecule has 0 radical (unpaired) electrons. The molecule has 3 nitrogen and oxygen atoms in total. The molecule has 0 saturated carbocycles. The molecule has 2 rings (SSSR count). The predicted molar refractivity (Wildman–Crippen MR) is 43.4 cm³/mol. The Balaban J connectivity index is 2.16. The van der Waals surface area contributed by atoms with Crippen LogP contribution >= 0.6 is 0 Å². The van der Waals surface area contributed by atoms with E-state index >= 15 is 0 Å². The Morgan fingerprint density at radius 1 is 1.55 bits per heavy atom. The second kappa shape index (κ2) is 2.66. The van der Waals surface area contributed by atoms with Crippen LogP contribution in [-0.2, 0) is 0 Å². The van der Waals surface area contributed by atoms with Crippen molar-refractivity contribution in [3.63, 3.8) is 0 Å². The van der Waals surface area contributed by atoms with Crippen LogP contribution in [0, 0.1) is 5.92 Å². The van der Waals surface area contributed by atoms with Crippen molar-refractivity contribution in [1.29, 1.82) is 0 Å². The van der Waals surface area contributed by atoms with Crippen molar-refractivity contribution in [1.82, 2.24) is 15.3 Å². The fourth-order valence-electron chi connectivity index (χ4n) is 1.70. The Morgan fingerprint density at radius 3 is 3.00 bits per heavy atom. The standard InChI is InChI=1S/C8H13N3/c1-6-2-9-3-7(6)8-4-10-5-11-8/h4-7,9H,2-3H2,1H3,(H,10,11)/t6?,7-/m0/s1. The lowest BCUT2D eigenvalue weighted by atomic mass is 9.95. The summed E-state index contributed by atoms with van der Waals surface area (Å²) in [6.07, 6.45) is 3.68. The quantitative estimate of drug-likeness (QED) is 0.621. The normalized spacial score (nSPS) is 31.0. The zero-order chi connectivity index (χ0) is 7.68. The Bertz CT molecular complexity index is 217. The molecule has 2 heterocycles. The number of aromatic amines is 1. The van der Waals surface area contributed by atoms with E-state index in [0.717, 1.165) is 19.0 Å². The molecule has 0 aromatic carbocycles. The second-order valence-corrected chi connectivity index (χ2v) is 3.25. The van der Waals surface area contributed by atoms with Crippen molar-refractivity contribution < 1.29 is 0 Å². The molecule has 0 spiro atoms. The maximum Gasteiger partial charge on any atom is 0.0921 e. The Morgan fingerprint density at radius 2 is 2.45 bits per heavy atom. The summed E-state index contributed by atoms with van der Waals surface area (Å²) in [7, 11) is 0. The van der Waals surface area contributed by atoms with Crippen LogP contribution in [0.5, 0.6) is 0 Å². The van der Waals surface area contributed by atoms with Gasteiger partial charge in [0.15, 0.2) is 0 Å². The van der Waals surface area contributed by atoms with Crippen LogP contribution in [0.3, 0.4) is 0 Å². The van der Waals surface area contributed by atoms with Crippen LogP contribution in [0.1, 0.15) is 18.5 Å². The lowest BCUT2D eigenvalue weighted by Gasteiger charge is -2.10. The van der Waals surface area contributed by atoms with Gasteiger partial charge in [0.1, 0.15) is 0 Å². The zero-order valence-electron chi connectivity index (χ0n) is 6.67. The Hall–Kier alpha value is -0.830. The molecule has 1 unspecified atom stereocenters. The van der Waals surface area contributed by atoms with Crippen molar-refractivity contribution >= 4 is 0 Å². The molecule has 1 aliphatic heterocycles. The number of hydrogen-bond donors (Lipinski definition) is 2. The molecule has 11 heavy (non-hydrogen) atoms. The van der Waals surface area contributed by atoms with Gasteiger partial charge < -0.3 is 10.3 Å². The average molecular weight is 151 g/mol. The number of H-pyrrole nitrogens is 1. The lowest BCUT2D eigenvalue weighted by molar-refractivity contribution is 0.562. The first-order valence-corrected chi connectivity index (χ1v) is 4.07. The number of hydrogen-bond acceptors (Lipinski definition) is 2. The van der Waals surface area contributed by atoms with E-state index < -0.39 is 0 Å². The topological polar surface area (TPSA) is 40.7 Å². The number of imidazole rings is 1. The van der Waals surface area contributed by atoms with Gasteiger partial charge in [0.25, 0.3) is 0 Å². The summed E-state index contributed by atoms with van der Waals surface area (Å²) in [6.45, 7) is 4.48. The summed E-state index contributed by atoms with van der Waals surface area (Å²) < 4.78 is 0. The minimum Gasteiger partial charge on any atom is -0.348 e. The first-order valence-electron chi connectivity index (χ1n) is 4.07. The fraction of sp³-hybridized carbons (Fsp3) is 0.625. The van der Waals surface area contributed by atoms with E-state index in [1.54, 1.807) is 6.33 Å². The van der Waals surface area contributed by atoms with Crippen molar-refractivity contribution in [3.05, 3.63) is 18.2 Å². The molecule has 60 valence electrons. The van der Waals surface area contributed by atoms with Crippen LogP contribution < -0.4 is 5.32 Å². The van der Waals surface area contributed by atoms with Crippen LogP contribution in [0.15, 0.2) is 12.5 Å². The van der Waals surface area contributed by atoms with Crippen LogP contribution in [0.25, 0.3) is 0 Å². The SMILES string of the molecule is CC1CNC[C@@H]1c1cnc[nH]1. The van der Waals surface area contributed by atoms with E-state index in [-0.39, 0.29) is 0 Å². The smallest absolute Gasteiger partial charge is 0.0921 e. The molecular weight excluding hydrogens is 138 g/mol. The van der Waals surface area contributed by atoms with E-state index in [1.165, 1.54) is 5.69 Å². The molecule has 2 N–H and O–H groups in total. The van der Waals surface area contributed by atoms with E-state index in [0.29, 0.717) is 5.92 Å². The van der Waals surface area contributed by atoms with E-state index in [9.17, 15) is 0 Å². The summed E-state index contributed by atoms with van der Waals surface area (Å²) in [6, 6.07) is 0. The molecular formula is C8H13N3. The van der Waals surface area contributed by atoms with Gasteiger partial charge in [0, 0.05) is 24.4 Å². The minimum absolute atomic E-state index is 0.637. The highest BCUT2D eigenvalue weighted by Crippen LogP contribution is 2.25. The Kier molecular flexibility index (Phi) is 1.66. The van der Waals surface area contributed by atoms with Gasteiger partial charge >= 0.3 is 0 Å². The van der Waals surface area contributed by atoms with Gasteiger partial charge in [0.05, 0.1) is 6.33 Å². The molecule has 1 fully saturated rings. The summed E-state index contributed by atoms with van der Waals surface area (Å²) in [5.41, 5.74) is 1.27. The average Bonchev–Trinajstić information content (AvgIpc) is 2.55. The highest BCUT2D eigenvalue weighted by molar-refractivity contribution is 5.08. The molecule has 0 amide bonds. The molecule has 1 aliphatic rings. The fourth-order valence-corrected chi connectivity index (χ4v) is 1.70. The van der Waals surface area contributed by atoms with Gasteiger partial charge in [-0.05, 0) is 12.5 Å². The maximum absolute atomic E-state index is 4.02. The monoisotopic (exact) mass is 151 g/mol. The first-order chi connectivity index (χ1) is 5.38. The van der Waals surface area contributed by atoms with Crippen molar-refractivity contribution in [2.45, 2.75) is 12.8 Å². The molecule has 0 bridgehead atoms. The van der Waals surface area contributed by atoms with E-state index in [1.807, 2.05) is 6.20 Å². The van der Waals surface area contributed by atoms with Gasteiger partial charge in [-0.15, -0.1) is 0 Å². The third-order valence-electron chi connectivity index (χ3n) is 2.44. The second-order valence-electron chi connectivity index (χ2n) is 3.25. The van der Waals surface area contributed by atoms with Crippen LogP contribution in [0.4, 0.5) is 0 Å². The van der Waals surface area contributed by atoms with Gasteiger partial charge in [-0.2, -0.15) is 0 Å². The molecule has 1 saturated heterocycles. The third-order valence-corrected chi connectivity index (χ3v) is 2.44. The third kappa shape index (κ3) is 1.16. The van der Waals surface area contributed by atoms with Crippen LogP contribution in [0.2, 0.25) is 0 Å². The number of nitrogens with one attached hydrogen (secondary N) is 2. The number of nitrogens with zero attached hydrogens (tertiary/aromatic N) is 1. The van der Waals surface area contributed by atoms with Gasteiger partial charge in [0.2, 0.25) is 0 Å². The zero-order valence-corrected chi connectivity index (χ0v) is 6.67. The van der Waals surface area contributed by atoms with Gasteiger partial charge in [-0.1, -0.05) is 6.92 Å². The molecule has 1 aromatic heterocycles. The number of aromatic nitrogens is 2. The predicted octanol–water partition coefficient (Wildman–Crippen LogP) is 0.733. The summed E-state index contributed by atoms with van der Waals surface area (Å²) in [5, 5.41) is 3.36. The van der Waals surface area contributed by atoms with E-state index in [2.05, 4.69) is 22.2 Å². The van der Waals surface area contributed by atoms with Crippen LogP contribution in [-0.4, -0.2) is 23.1 Å². The molecule has 1 aromatic rings. The van der Waals surface area contributed by atoms with Crippen molar-refractivity contribution in [3.8, 4) is 0 Å². The summed E-state index contributed by atoms with van der Waals surface area (Å²) in [4.78, 5) is 7.18. The summed E-state index contributed by atoms with van der Waals surface area (Å²) in [5.74, 6) is 1.37. The Labute approximate surface area is 66.2 Å². The van der Waals surface area contributed by atoms with Crippen molar-refractivity contribution in [2.24, 2.45) is 5.92 Å². The first kappa shape index (κ1) is 6.85. The largest absolute Gasteiger partial charge is 0.348 e. The molecule has 0 aliphatic carbocycles. The minimum atomic E-state index is 0.637. The van der Waals surface area contributed by atoms with Crippen molar-refractivity contribution in [2.75, 3.05) is 13.1 Å². The summed E-state index contributed by atoms with van der Waals surface area (Å²) >= 11 is 0. The highest BCUT2D eigenvalue weighted by atomic mass is 14.9. The molecule has 2 atom stereocenters.